The Hall–Kier alpha value is -3.02. The normalized spacial score (nSPS) is 16.9. The number of methoxy groups -OCH3 is 2. The summed E-state index contributed by atoms with van der Waals surface area (Å²) in [6.07, 6.45) is 1.26. The zero-order valence-electron chi connectivity index (χ0n) is 15.9. The van der Waals surface area contributed by atoms with Crippen LogP contribution in [0.1, 0.15) is 30.9 Å². The van der Waals surface area contributed by atoms with Crippen LogP contribution in [-0.2, 0) is 11.3 Å². The van der Waals surface area contributed by atoms with Crippen LogP contribution in [0.4, 0.5) is 5.69 Å². The van der Waals surface area contributed by atoms with E-state index < -0.39 is 0 Å². The molecule has 1 aliphatic rings. The number of carbonyl (C=O) groups excluding carboxylic acids is 1. The predicted octanol–water partition coefficient (Wildman–Crippen LogP) is 3.45. The zero-order valence-corrected chi connectivity index (χ0v) is 15.9. The minimum Gasteiger partial charge on any atom is -0.493 e. The number of anilines is 1. The lowest BCUT2D eigenvalue weighted by Crippen LogP contribution is -2.36. The summed E-state index contributed by atoms with van der Waals surface area (Å²) < 4.78 is 10.7. The van der Waals surface area contributed by atoms with Crippen molar-refractivity contribution in [3.05, 3.63) is 53.6 Å². The molecule has 0 saturated carbocycles. The topological polar surface area (TPSA) is 77.2 Å². The molecule has 27 heavy (non-hydrogen) atoms. The highest BCUT2D eigenvalue weighted by Crippen LogP contribution is 2.31. The van der Waals surface area contributed by atoms with E-state index in [-0.39, 0.29) is 11.8 Å². The SMILES string of the molecule is CCC1CC(=O)N(Cc2ccccc2N)N=C1c1ccc(OC)c(OC)c1. The minimum atomic E-state index is 0.00864. The quantitative estimate of drug-likeness (QED) is 0.794. The van der Waals surface area contributed by atoms with Crippen LogP contribution in [-0.4, -0.2) is 30.8 Å². The predicted molar refractivity (Wildman–Crippen MR) is 106 cm³/mol. The lowest BCUT2D eigenvalue weighted by Gasteiger charge is -2.29. The van der Waals surface area contributed by atoms with E-state index in [1.165, 1.54) is 5.01 Å². The Kier molecular flexibility index (Phi) is 5.64. The Bertz CT molecular complexity index is 864. The maximum Gasteiger partial charge on any atom is 0.243 e. The van der Waals surface area contributed by atoms with Crippen LogP contribution in [0.3, 0.4) is 0 Å². The van der Waals surface area contributed by atoms with Crippen LogP contribution in [0.5, 0.6) is 11.5 Å². The van der Waals surface area contributed by atoms with Crippen LogP contribution in [0, 0.1) is 5.92 Å². The summed E-state index contributed by atoms with van der Waals surface area (Å²) in [4.78, 5) is 12.6. The van der Waals surface area contributed by atoms with Crippen molar-refractivity contribution in [3.8, 4) is 11.5 Å². The Morgan fingerprint density at radius 2 is 1.89 bits per heavy atom. The number of para-hydroxylation sites is 1. The van der Waals surface area contributed by atoms with E-state index >= 15 is 0 Å². The minimum absolute atomic E-state index is 0.00864. The van der Waals surface area contributed by atoms with E-state index in [4.69, 9.17) is 20.3 Å². The van der Waals surface area contributed by atoms with Crippen molar-refractivity contribution in [2.75, 3.05) is 20.0 Å². The summed E-state index contributed by atoms with van der Waals surface area (Å²) in [7, 11) is 3.21. The number of nitrogens with zero attached hydrogens (tertiary/aromatic N) is 2. The summed E-state index contributed by atoms with van der Waals surface area (Å²) in [5.41, 5.74) is 9.39. The molecule has 0 radical (unpaired) electrons. The van der Waals surface area contributed by atoms with Gasteiger partial charge in [-0.2, -0.15) is 5.10 Å². The zero-order chi connectivity index (χ0) is 19.4. The molecule has 1 unspecified atom stereocenters. The van der Waals surface area contributed by atoms with Gasteiger partial charge in [-0.15, -0.1) is 0 Å². The fourth-order valence-corrected chi connectivity index (χ4v) is 3.27. The van der Waals surface area contributed by atoms with Gasteiger partial charge in [-0.1, -0.05) is 25.1 Å². The molecule has 6 nitrogen and oxygen atoms in total. The number of amides is 1. The van der Waals surface area contributed by atoms with Crippen LogP contribution in [0.2, 0.25) is 0 Å². The number of nitrogens with two attached hydrogens (primary N) is 1. The second kappa shape index (κ2) is 8.12. The van der Waals surface area contributed by atoms with Gasteiger partial charge in [0, 0.05) is 23.6 Å². The first-order chi connectivity index (χ1) is 13.1. The van der Waals surface area contributed by atoms with E-state index in [2.05, 4.69) is 6.92 Å². The molecule has 2 aromatic carbocycles. The van der Waals surface area contributed by atoms with Gasteiger partial charge < -0.3 is 15.2 Å². The van der Waals surface area contributed by atoms with Crippen molar-refractivity contribution in [2.45, 2.75) is 26.3 Å². The number of hydrogen-bond acceptors (Lipinski definition) is 5. The third kappa shape index (κ3) is 3.89. The van der Waals surface area contributed by atoms with Crippen LogP contribution >= 0.6 is 0 Å². The third-order valence-electron chi connectivity index (χ3n) is 4.87. The van der Waals surface area contributed by atoms with Crippen LogP contribution in [0.15, 0.2) is 47.6 Å². The van der Waals surface area contributed by atoms with Gasteiger partial charge in [0.2, 0.25) is 5.91 Å². The van der Waals surface area contributed by atoms with Gasteiger partial charge in [-0.05, 0) is 36.2 Å². The van der Waals surface area contributed by atoms with E-state index in [0.29, 0.717) is 30.2 Å². The Morgan fingerprint density at radius 3 is 2.56 bits per heavy atom. The number of carbonyl (C=O) groups is 1. The second-order valence-corrected chi connectivity index (χ2v) is 6.51. The van der Waals surface area contributed by atoms with Crippen LogP contribution in [0.25, 0.3) is 0 Å². The molecule has 0 saturated heterocycles. The molecule has 1 aliphatic heterocycles. The Balaban J connectivity index is 1.98. The maximum absolute atomic E-state index is 12.6. The molecular formula is C21H25N3O3. The number of ether oxygens (including phenoxy) is 2. The molecule has 0 fully saturated rings. The molecule has 1 heterocycles. The molecule has 1 atom stereocenters. The van der Waals surface area contributed by atoms with E-state index in [1.807, 2.05) is 42.5 Å². The summed E-state index contributed by atoms with van der Waals surface area (Å²) in [6, 6.07) is 13.3. The molecule has 0 aliphatic carbocycles. The number of benzene rings is 2. The summed E-state index contributed by atoms with van der Waals surface area (Å²) in [5, 5.41) is 6.22. The molecule has 0 aromatic heterocycles. The highest BCUT2D eigenvalue weighted by atomic mass is 16.5. The van der Waals surface area contributed by atoms with Crippen molar-refractivity contribution in [3.63, 3.8) is 0 Å². The molecule has 2 N–H and O–H groups in total. The molecule has 142 valence electrons. The van der Waals surface area contributed by atoms with Gasteiger partial charge in [0.05, 0.1) is 26.5 Å². The van der Waals surface area contributed by atoms with Crippen LogP contribution < -0.4 is 15.2 Å². The average molecular weight is 367 g/mol. The van der Waals surface area contributed by atoms with Crippen molar-refractivity contribution in [1.82, 2.24) is 5.01 Å². The highest BCUT2D eigenvalue weighted by molar-refractivity contribution is 6.06. The first kappa shape index (κ1) is 18.8. The molecule has 6 heteroatoms. The van der Waals surface area contributed by atoms with Gasteiger partial charge in [0.25, 0.3) is 0 Å². The van der Waals surface area contributed by atoms with Gasteiger partial charge >= 0.3 is 0 Å². The van der Waals surface area contributed by atoms with Crippen molar-refractivity contribution in [2.24, 2.45) is 11.0 Å². The second-order valence-electron chi connectivity index (χ2n) is 6.51. The monoisotopic (exact) mass is 367 g/mol. The Morgan fingerprint density at radius 1 is 1.15 bits per heavy atom. The highest BCUT2D eigenvalue weighted by Gasteiger charge is 2.30. The standard InChI is InChI=1S/C21H25N3O3/c1-4-14-12-20(25)24(13-16-7-5-6-8-17(16)22)23-21(14)15-9-10-18(26-2)19(11-15)27-3/h5-11,14H,4,12-13,22H2,1-3H3. The summed E-state index contributed by atoms with van der Waals surface area (Å²) in [5.74, 6) is 1.38. The van der Waals surface area contributed by atoms with Gasteiger partial charge in [0.1, 0.15) is 0 Å². The van der Waals surface area contributed by atoms with Gasteiger partial charge in [-0.25, -0.2) is 5.01 Å². The first-order valence-electron chi connectivity index (χ1n) is 9.02. The van der Waals surface area contributed by atoms with E-state index in [1.54, 1.807) is 14.2 Å². The van der Waals surface area contributed by atoms with E-state index in [0.717, 1.165) is 23.3 Å². The van der Waals surface area contributed by atoms with E-state index in [9.17, 15) is 4.79 Å². The fourth-order valence-electron chi connectivity index (χ4n) is 3.27. The summed E-state index contributed by atoms with van der Waals surface area (Å²) >= 11 is 0. The lowest BCUT2D eigenvalue weighted by molar-refractivity contribution is -0.133. The molecule has 2 aromatic rings. The number of hydrazone groups is 1. The fraction of sp³-hybridized carbons (Fsp3) is 0.333. The first-order valence-corrected chi connectivity index (χ1v) is 9.02. The molecule has 3 rings (SSSR count). The summed E-state index contributed by atoms with van der Waals surface area (Å²) in [6.45, 7) is 2.43. The molecule has 0 bridgehead atoms. The van der Waals surface area contributed by atoms with Crippen molar-refractivity contribution < 1.29 is 14.3 Å². The molecular weight excluding hydrogens is 342 g/mol. The number of nitrogen functional groups attached to an aromatic ring is 1. The lowest BCUT2D eigenvalue weighted by atomic mass is 9.89. The maximum atomic E-state index is 12.6. The number of rotatable bonds is 6. The largest absolute Gasteiger partial charge is 0.493 e. The third-order valence-corrected chi connectivity index (χ3v) is 4.87. The Labute approximate surface area is 159 Å². The number of hydrogen-bond donors (Lipinski definition) is 1. The molecule has 1 amide bonds. The van der Waals surface area contributed by atoms with Crippen molar-refractivity contribution in [1.29, 1.82) is 0 Å². The van der Waals surface area contributed by atoms with Crippen molar-refractivity contribution >= 4 is 17.3 Å². The molecule has 0 spiro atoms. The van der Waals surface area contributed by atoms with Gasteiger partial charge in [0.15, 0.2) is 11.5 Å². The smallest absolute Gasteiger partial charge is 0.243 e. The average Bonchev–Trinajstić information content (AvgIpc) is 2.70. The van der Waals surface area contributed by atoms with Gasteiger partial charge in [-0.3, -0.25) is 4.79 Å².